The molecule has 0 saturated carbocycles. The Morgan fingerprint density at radius 3 is 3.21 bits per heavy atom. The Hall–Kier alpha value is -1.75. The first kappa shape index (κ1) is 12.3. The van der Waals surface area contributed by atoms with E-state index in [4.69, 9.17) is 4.52 Å². The van der Waals surface area contributed by atoms with Crippen LogP contribution in [-0.2, 0) is 6.42 Å². The van der Waals surface area contributed by atoms with E-state index in [0.717, 1.165) is 36.5 Å². The van der Waals surface area contributed by atoms with Gasteiger partial charge in [0.15, 0.2) is 0 Å². The van der Waals surface area contributed by atoms with Gasteiger partial charge in [0.05, 0.1) is 0 Å². The van der Waals surface area contributed by atoms with Gasteiger partial charge < -0.3 is 9.84 Å². The largest absolute Gasteiger partial charge is 0.339 e. The van der Waals surface area contributed by atoms with Gasteiger partial charge in [0.1, 0.15) is 0 Å². The zero-order chi connectivity index (χ0) is 13.1. The Kier molecular flexibility index (Phi) is 3.55. The number of aryl methyl sites for hydroxylation is 1. The lowest BCUT2D eigenvalue weighted by atomic mass is 9.96. The fraction of sp³-hybridized carbons (Fsp3) is 0.500. The first-order valence-corrected chi connectivity index (χ1v) is 6.77. The fourth-order valence-corrected chi connectivity index (χ4v) is 2.52. The van der Waals surface area contributed by atoms with Crippen LogP contribution in [0.15, 0.2) is 23.0 Å². The monoisotopic (exact) mass is 258 g/mol. The minimum atomic E-state index is 0.612. The molecule has 1 aliphatic heterocycles. The summed E-state index contributed by atoms with van der Waals surface area (Å²) in [7, 11) is 0. The van der Waals surface area contributed by atoms with Crippen molar-refractivity contribution in [2.24, 2.45) is 5.92 Å². The molecular weight excluding hydrogens is 240 g/mol. The van der Waals surface area contributed by atoms with Gasteiger partial charge in [-0.15, -0.1) is 0 Å². The molecule has 1 atom stereocenters. The highest BCUT2D eigenvalue weighted by atomic mass is 16.5. The first-order chi connectivity index (χ1) is 9.33. The molecule has 19 heavy (non-hydrogen) atoms. The number of pyridine rings is 1. The quantitative estimate of drug-likeness (QED) is 0.912. The van der Waals surface area contributed by atoms with Crippen LogP contribution < -0.4 is 5.32 Å². The van der Waals surface area contributed by atoms with E-state index < -0.39 is 0 Å². The van der Waals surface area contributed by atoms with Gasteiger partial charge in [-0.1, -0.05) is 5.16 Å². The van der Waals surface area contributed by atoms with Gasteiger partial charge in [0.2, 0.25) is 11.7 Å². The van der Waals surface area contributed by atoms with Crippen LogP contribution in [0.25, 0.3) is 11.4 Å². The van der Waals surface area contributed by atoms with Crippen LogP contribution in [0, 0.1) is 12.8 Å². The van der Waals surface area contributed by atoms with Crippen LogP contribution in [0.2, 0.25) is 0 Å². The molecular formula is C14H18N4O. The molecule has 0 radical (unpaired) electrons. The van der Waals surface area contributed by atoms with Crippen LogP contribution in [0.5, 0.6) is 0 Å². The lowest BCUT2D eigenvalue weighted by molar-refractivity contribution is 0.316. The molecule has 1 unspecified atom stereocenters. The van der Waals surface area contributed by atoms with E-state index in [2.05, 4.69) is 20.4 Å². The Labute approximate surface area is 112 Å². The predicted octanol–water partition coefficient (Wildman–Crippen LogP) is 1.98. The highest BCUT2D eigenvalue weighted by molar-refractivity contribution is 5.57. The van der Waals surface area contributed by atoms with E-state index in [0.29, 0.717) is 11.7 Å². The summed E-state index contributed by atoms with van der Waals surface area (Å²) in [4.78, 5) is 8.58. The van der Waals surface area contributed by atoms with Crippen molar-refractivity contribution in [2.45, 2.75) is 26.2 Å². The van der Waals surface area contributed by atoms with E-state index in [1.807, 2.05) is 19.2 Å². The lowest BCUT2D eigenvalue weighted by Crippen LogP contribution is -2.30. The van der Waals surface area contributed by atoms with Crippen LogP contribution >= 0.6 is 0 Å². The number of rotatable bonds is 3. The molecule has 0 aromatic carbocycles. The SMILES string of the molecule is Cc1cnccc1-c1noc(CC2CCCNC2)n1. The van der Waals surface area contributed by atoms with E-state index in [1.165, 1.54) is 12.8 Å². The molecule has 1 fully saturated rings. The average molecular weight is 258 g/mol. The Morgan fingerprint density at radius 2 is 2.42 bits per heavy atom. The van der Waals surface area contributed by atoms with Crippen molar-refractivity contribution in [2.75, 3.05) is 13.1 Å². The van der Waals surface area contributed by atoms with Crippen molar-refractivity contribution in [3.8, 4) is 11.4 Å². The lowest BCUT2D eigenvalue weighted by Gasteiger charge is -2.20. The van der Waals surface area contributed by atoms with E-state index in [1.54, 1.807) is 6.20 Å². The summed E-state index contributed by atoms with van der Waals surface area (Å²) in [5.41, 5.74) is 2.06. The van der Waals surface area contributed by atoms with Crippen molar-refractivity contribution in [1.29, 1.82) is 0 Å². The topological polar surface area (TPSA) is 63.8 Å². The molecule has 1 N–H and O–H groups in total. The Bertz CT molecular complexity index is 546. The highest BCUT2D eigenvalue weighted by Crippen LogP contribution is 2.21. The molecule has 100 valence electrons. The molecule has 1 aliphatic rings. The normalized spacial score (nSPS) is 19.5. The second-order valence-corrected chi connectivity index (χ2v) is 5.12. The number of hydrogen-bond donors (Lipinski definition) is 1. The molecule has 5 nitrogen and oxygen atoms in total. The zero-order valence-electron chi connectivity index (χ0n) is 11.1. The third-order valence-corrected chi connectivity index (χ3v) is 3.59. The van der Waals surface area contributed by atoms with Gasteiger partial charge >= 0.3 is 0 Å². The van der Waals surface area contributed by atoms with Crippen LogP contribution in [-0.4, -0.2) is 28.2 Å². The fourth-order valence-electron chi connectivity index (χ4n) is 2.52. The molecule has 2 aromatic rings. The van der Waals surface area contributed by atoms with Crippen molar-refractivity contribution in [3.63, 3.8) is 0 Å². The first-order valence-electron chi connectivity index (χ1n) is 6.77. The van der Waals surface area contributed by atoms with Gasteiger partial charge in [0, 0.05) is 24.4 Å². The maximum absolute atomic E-state index is 5.37. The van der Waals surface area contributed by atoms with Gasteiger partial charge in [-0.3, -0.25) is 4.98 Å². The summed E-state index contributed by atoms with van der Waals surface area (Å²) in [6, 6.07) is 1.92. The summed E-state index contributed by atoms with van der Waals surface area (Å²) in [6.07, 6.45) is 6.90. The molecule has 1 saturated heterocycles. The van der Waals surface area contributed by atoms with E-state index in [9.17, 15) is 0 Å². The number of nitrogens with one attached hydrogen (secondary N) is 1. The van der Waals surface area contributed by atoms with Crippen LogP contribution in [0.4, 0.5) is 0 Å². The van der Waals surface area contributed by atoms with Gasteiger partial charge in [-0.25, -0.2) is 0 Å². The Balaban J connectivity index is 1.74. The molecule has 0 spiro atoms. The molecule has 0 aliphatic carbocycles. The van der Waals surface area contributed by atoms with E-state index in [-0.39, 0.29) is 0 Å². The van der Waals surface area contributed by atoms with Crippen molar-refractivity contribution < 1.29 is 4.52 Å². The molecule has 3 heterocycles. The summed E-state index contributed by atoms with van der Waals surface area (Å²) < 4.78 is 5.37. The maximum Gasteiger partial charge on any atom is 0.227 e. The molecule has 5 heteroatoms. The Morgan fingerprint density at radius 1 is 1.47 bits per heavy atom. The van der Waals surface area contributed by atoms with Crippen LogP contribution in [0.3, 0.4) is 0 Å². The van der Waals surface area contributed by atoms with Gasteiger partial charge in [0.25, 0.3) is 0 Å². The van der Waals surface area contributed by atoms with Gasteiger partial charge in [-0.2, -0.15) is 4.98 Å². The average Bonchev–Trinajstić information content (AvgIpc) is 2.89. The summed E-state index contributed by atoms with van der Waals surface area (Å²) in [5, 5.41) is 7.48. The third-order valence-electron chi connectivity index (χ3n) is 3.59. The van der Waals surface area contributed by atoms with Crippen molar-refractivity contribution in [1.82, 2.24) is 20.4 Å². The second kappa shape index (κ2) is 5.48. The second-order valence-electron chi connectivity index (χ2n) is 5.12. The third kappa shape index (κ3) is 2.81. The highest BCUT2D eigenvalue weighted by Gasteiger charge is 2.18. The summed E-state index contributed by atoms with van der Waals surface area (Å²) >= 11 is 0. The number of hydrogen-bond acceptors (Lipinski definition) is 5. The minimum Gasteiger partial charge on any atom is -0.339 e. The molecule has 0 bridgehead atoms. The number of aromatic nitrogens is 3. The number of piperidine rings is 1. The van der Waals surface area contributed by atoms with E-state index >= 15 is 0 Å². The summed E-state index contributed by atoms with van der Waals surface area (Å²) in [5.74, 6) is 2.01. The predicted molar refractivity (Wildman–Crippen MR) is 71.6 cm³/mol. The standard InChI is InChI=1S/C14H18N4O/c1-10-8-16-6-4-12(10)14-17-13(19-18-14)7-11-3-2-5-15-9-11/h4,6,8,11,15H,2-3,5,7,9H2,1H3. The van der Waals surface area contributed by atoms with Crippen LogP contribution in [0.1, 0.15) is 24.3 Å². The smallest absolute Gasteiger partial charge is 0.227 e. The molecule has 3 rings (SSSR count). The minimum absolute atomic E-state index is 0.612. The van der Waals surface area contributed by atoms with Crippen molar-refractivity contribution >= 4 is 0 Å². The zero-order valence-corrected chi connectivity index (χ0v) is 11.1. The number of nitrogens with zero attached hydrogens (tertiary/aromatic N) is 3. The molecule has 2 aromatic heterocycles. The van der Waals surface area contributed by atoms with Crippen molar-refractivity contribution in [3.05, 3.63) is 29.9 Å². The molecule has 0 amide bonds. The maximum atomic E-state index is 5.37. The van der Waals surface area contributed by atoms with Gasteiger partial charge in [-0.05, 0) is 50.4 Å². The summed E-state index contributed by atoms with van der Waals surface area (Å²) in [6.45, 7) is 4.18.